The average molecular weight is 702 g/mol. The Morgan fingerprint density at radius 2 is 1.55 bits per heavy atom. The molecule has 0 aromatic heterocycles. The maximum Gasteiger partial charge on any atom is 0.407 e. The van der Waals surface area contributed by atoms with Crippen LogP contribution in [0.25, 0.3) is 0 Å². The largest absolute Gasteiger partial charge is 0.492 e. The quantitative estimate of drug-likeness (QED) is 0.187. The van der Waals surface area contributed by atoms with E-state index in [1.165, 1.54) is 0 Å². The molecule has 6 rings (SSSR count). The number of alkyl carbamates (subject to hydrolysis) is 1. The molecule has 2 heterocycles. The second-order valence-corrected chi connectivity index (χ2v) is 13.8. The zero-order valence-corrected chi connectivity index (χ0v) is 29.2. The van der Waals surface area contributed by atoms with E-state index in [0.717, 1.165) is 60.9 Å². The fourth-order valence-electron chi connectivity index (χ4n) is 7.16. The van der Waals surface area contributed by atoms with E-state index in [-0.39, 0.29) is 18.4 Å². The first-order chi connectivity index (χ1) is 24.9. The van der Waals surface area contributed by atoms with E-state index < -0.39 is 36.3 Å². The second-order valence-electron chi connectivity index (χ2n) is 13.8. The molecular weight excluding hydrogens is 650 g/mol. The monoisotopic (exact) mass is 701 g/mol. The standard InChI is InChI=1S/C40H51N3O8/c44-36(35(25-28-6-2-1-3-7-28)41-40(47)51-33-14-19-48-20-15-33)27-31(39(46)42-38-34-9-5-4-8-30(34)26-37(38)45)24-29-10-12-32(13-11-29)50-23-18-43-16-21-49-22-17-43/h1-13,31,33,35-38,44-45H,14-27H2,(H,41,47)(H,42,46)/t31?,35?,36?,37-,38-/m0/s1. The lowest BCUT2D eigenvalue weighted by molar-refractivity contribution is -0.127. The van der Waals surface area contributed by atoms with Gasteiger partial charge in [0.25, 0.3) is 0 Å². The lowest BCUT2D eigenvalue weighted by Gasteiger charge is -2.29. The molecule has 3 aromatic rings. The molecular formula is C40H51N3O8. The van der Waals surface area contributed by atoms with Crippen molar-refractivity contribution >= 4 is 12.0 Å². The molecule has 1 aliphatic carbocycles. The van der Waals surface area contributed by atoms with Crippen molar-refractivity contribution in [2.45, 2.75) is 68.9 Å². The summed E-state index contributed by atoms with van der Waals surface area (Å²) in [5.74, 6) is -0.197. The molecule has 0 spiro atoms. The maximum absolute atomic E-state index is 14.1. The van der Waals surface area contributed by atoms with Gasteiger partial charge in [-0.3, -0.25) is 9.69 Å². The fourth-order valence-corrected chi connectivity index (χ4v) is 7.16. The van der Waals surface area contributed by atoms with Crippen LogP contribution in [0.3, 0.4) is 0 Å². The zero-order chi connectivity index (χ0) is 35.4. The van der Waals surface area contributed by atoms with Crippen LogP contribution in [0.1, 0.15) is 47.6 Å². The summed E-state index contributed by atoms with van der Waals surface area (Å²) >= 11 is 0. The number of aliphatic hydroxyl groups is 2. The number of morpholine rings is 1. The lowest BCUT2D eigenvalue weighted by atomic mass is 9.88. The van der Waals surface area contributed by atoms with Gasteiger partial charge in [-0.1, -0.05) is 66.7 Å². The summed E-state index contributed by atoms with van der Waals surface area (Å²) in [5, 5.41) is 28.7. The summed E-state index contributed by atoms with van der Waals surface area (Å²) in [6, 6.07) is 23.8. The van der Waals surface area contributed by atoms with Gasteiger partial charge in [0.1, 0.15) is 18.5 Å². The molecule has 3 unspecified atom stereocenters. The van der Waals surface area contributed by atoms with E-state index in [2.05, 4.69) is 15.5 Å². The highest BCUT2D eigenvalue weighted by molar-refractivity contribution is 5.80. The Labute approximate surface area is 300 Å². The Balaban J connectivity index is 1.15. The van der Waals surface area contributed by atoms with Gasteiger partial charge in [-0.15, -0.1) is 0 Å². The predicted molar refractivity (Wildman–Crippen MR) is 191 cm³/mol. The fraction of sp³-hybridized carbons (Fsp3) is 0.500. The van der Waals surface area contributed by atoms with Crippen molar-refractivity contribution < 1.29 is 38.7 Å². The van der Waals surface area contributed by atoms with Crippen molar-refractivity contribution in [3.05, 3.63) is 101 Å². The maximum atomic E-state index is 14.1. The van der Waals surface area contributed by atoms with Crippen LogP contribution in [0.2, 0.25) is 0 Å². The molecule has 0 radical (unpaired) electrons. The molecule has 0 saturated carbocycles. The van der Waals surface area contributed by atoms with Crippen LogP contribution in [0.4, 0.5) is 4.79 Å². The Kier molecular flexibility index (Phi) is 13.3. The van der Waals surface area contributed by atoms with Crippen LogP contribution in [0.15, 0.2) is 78.9 Å². The van der Waals surface area contributed by atoms with Crippen molar-refractivity contribution in [2.24, 2.45) is 5.92 Å². The number of carbonyl (C=O) groups excluding carboxylic acids is 2. The van der Waals surface area contributed by atoms with E-state index in [0.29, 0.717) is 51.9 Å². The van der Waals surface area contributed by atoms with E-state index in [1.54, 1.807) is 0 Å². The molecule has 11 heteroatoms. The number of benzene rings is 3. The van der Waals surface area contributed by atoms with E-state index in [4.69, 9.17) is 18.9 Å². The molecule has 11 nitrogen and oxygen atoms in total. The first-order valence-corrected chi connectivity index (χ1v) is 18.3. The van der Waals surface area contributed by atoms with Crippen molar-refractivity contribution in [3.63, 3.8) is 0 Å². The van der Waals surface area contributed by atoms with Gasteiger partial charge < -0.3 is 39.8 Å². The molecule has 4 N–H and O–H groups in total. The zero-order valence-electron chi connectivity index (χ0n) is 29.2. The Bertz CT molecular complexity index is 1530. The van der Waals surface area contributed by atoms with Gasteiger partial charge in [0.15, 0.2) is 0 Å². The van der Waals surface area contributed by atoms with Crippen LogP contribution in [0, 0.1) is 5.92 Å². The lowest BCUT2D eigenvalue weighted by Crippen LogP contribution is -2.48. The van der Waals surface area contributed by atoms with Crippen LogP contribution in [0.5, 0.6) is 5.75 Å². The third-order valence-corrected chi connectivity index (χ3v) is 10.1. The van der Waals surface area contributed by atoms with Gasteiger partial charge >= 0.3 is 6.09 Å². The molecule has 3 aromatic carbocycles. The number of hydrogen-bond donors (Lipinski definition) is 4. The molecule has 2 amide bonds. The second kappa shape index (κ2) is 18.5. The van der Waals surface area contributed by atoms with Crippen molar-refractivity contribution in [2.75, 3.05) is 52.7 Å². The number of nitrogens with one attached hydrogen (secondary N) is 2. The van der Waals surface area contributed by atoms with Gasteiger partial charge in [-0.05, 0) is 53.6 Å². The molecule has 2 saturated heterocycles. The van der Waals surface area contributed by atoms with E-state index in [1.807, 2.05) is 78.9 Å². The highest BCUT2D eigenvalue weighted by Crippen LogP contribution is 2.32. The van der Waals surface area contributed by atoms with Gasteiger partial charge in [0.2, 0.25) is 5.91 Å². The summed E-state index contributed by atoms with van der Waals surface area (Å²) in [6.07, 6.45) is -0.217. The highest BCUT2D eigenvalue weighted by atomic mass is 16.6. The van der Waals surface area contributed by atoms with Crippen LogP contribution < -0.4 is 15.4 Å². The number of aliphatic hydroxyl groups excluding tert-OH is 2. The van der Waals surface area contributed by atoms with Crippen molar-refractivity contribution in [1.29, 1.82) is 0 Å². The van der Waals surface area contributed by atoms with E-state index in [9.17, 15) is 19.8 Å². The third-order valence-electron chi connectivity index (χ3n) is 10.1. The van der Waals surface area contributed by atoms with Gasteiger partial charge in [-0.2, -0.15) is 0 Å². The highest BCUT2D eigenvalue weighted by Gasteiger charge is 2.35. The first kappa shape index (κ1) is 36.8. The molecule has 0 bridgehead atoms. The van der Waals surface area contributed by atoms with Crippen LogP contribution in [-0.4, -0.2) is 104 Å². The van der Waals surface area contributed by atoms with E-state index >= 15 is 0 Å². The van der Waals surface area contributed by atoms with Gasteiger partial charge in [-0.25, -0.2) is 4.79 Å². The minimum absolute atomic E-state index is 0.0726. The number of hydrogen-bond acceptors (Lipinski definition) is 9. The van der Waals surface area contributed by atoms with Crippen molar-refractivity contribution in [1.82, 2.24) is 15.5 Å². The van der Waals surface area contributed by atoms with Crippen LogP contribution >= 0.6 is 0 Å². The molecule has 51 heavy (non-hydrogen) atoms. The number of rotatable bonds is 15. The normalized spacial score (nSPS) is 21.2. The SMILES string of the molecule is O=C(NC(Cc1ccccc1)C(O)CC(Cc1ccc(OCCN2CCOCC2)cc1)C(=O)N[C@H]1c2ccccc2C[C@@H]1O)OC1CCOCC1. The number of ether oxygens (including phenoxy) is 4. The average Bonchev–Trinajstić information content (AvgIpc) is 3.47. The topological polar surface area (TPSA) is 139 Å². The summed E-state index contributed by atoms with van der Waals surface area (Å²) in [5.41, 5.74) is 3.74. The number of nitrogens with zero attached hydrogens (tertiary/aromatic N) is 1. The number of carbonyl (C=O) groups is 2. The Hall–Kier alpha value is -4.00. The summed E-state index contributed by atoms with van der Waals surface area (Å²) in [6.45, 7) is 5.75. The predicted octanol–water partition coefficient (Wildman–Crippen LogP) is 3.60. The smallest absolute Gasteiger partial charge is 0.407 e. The van der Waals surface area contributed by atoms with Gasteiger partial charge in [0.05, 0.1) is 50.7 Å². The molecule has 2 fully saturated rings. The molecule has 3 aliphatic rings. The minimum Gasteiger partial charge on any atom is -0.492 e. The summed E-state index contributed by atoms with van der Waals surface area (Å²) in [4.78, 5) is 29.5. The van der Waals surface area contributed by atoms with Gasteiger partial charge in [0, 0.05) is 44.8 Å². The summed E-state index contributed by atoms with van der Waals surface area (Å²) < 4.78 is 22.5. The summed E-state index contributed by atoms with van der Waals surface area (Å²) in [7, 11) is 0. The van der Waals surface area contributed by atoms with Crippen LogP contribution in [-0.2, 0) is 38.3 Å². The minimum atomic E-state index is -1.08. The molecule has 274 valence electrons. The Morgan fingerprint density at radius 3 is 2.31 bits per heavy atom. The Morgan fingerprint density at radius 1 is 0.863 bits per heavy atom. The molecule has 5 atom stereocenters. The molecule has 2 aliphatic heterocycles. The number of amides is 2. The number of fused-ring (bicyclic) bond motifs is 1. The van der Waals surface area contributed by atoms with Crippen molar-refractivity contribution in [3.8, 4) is 5.75 Å². The third kappa shape index (κ3) is 10.8. The first-order valence-electron chi connectivity index (χ1n) is 18.3.